The number of methoxy groups -OCH3 is 1. The Morgan fingerprint density at radius 2 is 2.13 bits per heavy atom. The Bertz CT molecular complexity index is 1680. The van der Waals surface area contributed by atoms with E-state index in [1.807, 2.05) is 30.5 Å². The third kappa shape index (κ3) is 7.57. The number of fused-ring (bicyclic) bond motifs is 2. The normalized spacial score (nSPS) is 15.8. The fourth-order valence-electron chi connectivity index (χ4n) is 5.57. The smallest absolute Gasteiger partial charge is 0.265 e. The average Bonchev–Trinajstić information content (AvgIpc) is 3.51. The maximum atomic E-state index is 14.5. The molecule has 0 N–H and O–H groups in total. The van der Waals surface area contributed by atoms with Crippen LogP contribution < -0.4 is 19.3 Å². The minimum Gasteiger partial charge on any atom is -0.481 e. The minimum absolute atomic E-state index is 0.0223. The summed E-state index contributed by atoms with van der Waals surface area (Å²) in [4.78, 5) is 32.5. The van der Waals surface area contributed by atoms with Crippen molar-refractivity contribution in [1.82, 2.24) is 8.94 Å². The number of benzene rings is 2. The lowest BCUT2D eigenvalue weighted by Crippen LogP contribution is -2.43. The molecule has 3 heterocycles. The van der Waals surface area contributed by atoms with Crippen molar-refractivity contribution in [2.45, 2.75) is 60.0 Å². The standard InChI is InChI=1S/C18H17FN4O2S.C15H22ClNO2/c1-4-5-22-13-7-12(11(19)6-14(13)25-9-16(22)24)20-17-23-10-18(2,3)8-15(23)21-26-17;1-5-13-8-6-7-11(2)15(13)17(14(18)9-16)12(3)10-19-4/h1,6-7H,5,8-10H2,2-3H3;6-8,12H,5,9-10H2,1-4H3/b20-17-;. The van der Waals surface area contributed by atoms with Crippen molar-refractivity contribution in [3.63, 3.8) is 0 Å². The molecule has 0 radical (unpaired) electrons. The predicted molar refractivity (Wildman–Crippen MR) is 176 cm³/mol. The lowest BCUT2D eigenvalue weighted by atomic mass is 9.92. The van der Waals surface area contributed by atoms with E-state index in [2.05, 4.69) is 42.1 Å². The van der Waals surface area contributed by atoms with Gasteiger partial charge in [-0.1, -0.05) is 44.9 Å². The molecule has 0 saturated heterocycles. The predicted octanol–water partition coefficient (Wildman–Crippen LogP) is 5.42. The molecular formula is C33H39ClFN5O4S. The van der Waals surface area contributed by atoms with Gasteiger partial charge in [0.2, 0.25) is 10.7 Å². The average molecular weight is 656 g/mol. The van der Waals surface area contributed by atoms with Crippen molar-refractivity contribution < 1.29 is 23.5 Å². The van der Waals surface area contributed by atoms with E-state index in [4.69, 9.17) is 27.5 Å². The number of aromatic nitrogens is 2. The first-order valence-electron chi connectivity index (χ1n) is 14.7. The summed E-state index contributed by atoms with van der Waals surface area (Å²) in [6.07, 6.45) is 7.09. The summed E-state index contributed by atoms with van der Waals surface area (Å²) in [5.74, 6) is 2.81. The molecule has 0 fully saturated rings. The Labute approximate surface area is 272 Å². The number of rotatable bonds is 8. The van der Waals surface area contributed by atoms with Crippen LogP contribution in [0.15, 0.2) is 35.3 Å². The molecule has 0 spiro atoms. The van der Waals surface area contributed by atoms with Gasteiger partial charge in [-0.3, -0.25) is 14.5 Å². The van der Waals surface area contributed by atoms with E-state index in [9.17, 15) is 14.0 Å². The molecule has 240 valence electrons. The number of nitrogens with zero attached hydrogens (tertiary/aromatic N) is 5. The van der Waals surface area contributed by atoms with Gasteiger partial charge in [-0.25, -0.2) is 9.38 Å². The number of anilines is 2. The molecule has 12 heteroatoms. The van der Waals surface area contributed by atoms with E-state index in [0.29, 0.717) is 22.8 Å². The fraction of sp³-hybridized carbons (Fsp3) is 0.455. The van der Waals surface area contributed by atoms with Gasteiger partial charge in [0, 0.05) is 37.7 Å². The van der Waals surface area contributed by atoms with Crippen molar-refractivity contribution in [3.8, 4) is 18.1 Å². The van der Waals surface area contributed by atoms with Gasteiger partial charge in [0.05, 0.1) is 30.6 Å². The zero-order valence-electron chi connectivity index (χ0n) is 26.5. The van der Waals surface area contributed by atoms with Crippen LogP contribution in [0.4, 0.5) is 21.5 Å². The Morgan fingerprint density at radius 1 is 1.38 bits per heavy atom. The lowest BCUT2D eigenvalue weighted by Gasteiger charge is -2.31. The molecule has 1 unspecified atom stereocenters. The monoisotopic (exact) mass is 655 g/mol. The Hall–Kier alpha value is -3.72. The first-order valence-corrected chi connectivity index (χ1v) is 16.0. The summed E-state index contributed by atoms with van der Waals surface area (Å²) in [7, 11) is 1.64. The number of carbonyl (C=O) groups excluding carboxylic acids is 2. The highest BCUT2D eigenvalue weighted by atomic mass is 35.5. The van der Waals surface area contributed by atoms with Gasteiger partial charge in [0.25, 0.3) is 5.91 Å². The van der Waals surface area contributed by atoms with Gasteiger partial charge in [-0.2, -0.15) is 4.37 Å². The molecule has 3 aromatic rings. The summed E-state index contributed by atoms with van der Waals surface area (Å²) >= 11 is 7.00. The van der Waals surface area contributed by atoms with Gasteiger partial charge in [-0.05, 0) is 42.9 Å². The van der Waals surface area contributed by atoms with Crippen LogP contribution in [0.5, 0.6) is 5.75 Å². The van der Waals surface area contributed by atoms with E-state index in [1.165, 1.54) is 28.6 Å². The molecule has 2 aliphatic heterocycles. The van der Waals surface area contributed by atoms with Gasteiger partial charge < -0.3 is 18.9 Å². The molecule has 0 bridgehead atoms. The molecule has 1 atom stereocenters. The number of amides is 2. The van der Waals surface area contributed by atoms with Crippen molar-refractivity contribution in [2.24, 2.45) is 10.4 Å². The SMILES string of the molecule is C#CCN1C(=O)COc2cc(F)c(/N=c3\snc4n3CC(C)(C)C4)cc21.CCc1cccc(C)c1N(C(=O)CCl)C(C)COC. The quantitative estimate of drug-likeness (QED) is 0.239. The van der Waals surface area contributed by atoms with Crippen LogP contribution in [0.3, 0.4) is 0 Å². The van der Waals surface area contributed by atoms with E-state index in [1.54, 1.807) is 12.0 Å². The number of hydrogen-bond acceptors (Lipinski definition) is 7. The Kier molecular flexibility index (Phi) is 11.1. The summed E-state index contributed by atoms with van der Waals surface area (Å²) in [6.45, 7) is 11.6. The van der Waals surface area contributed by atoms with Crippen LogP contribution in [-0.2, 0) is 33.7 Å². The largest absolute Gasteiger partial charge is 0.481 e. The molecule has 45 heavy (non-hydrogen) atoms. The van der Waals surface area contributed by atoms with Gasteiger partial charge in [-0.15, -0.1) is 18.0 Å². The van der Waals surface area contributed by atoms with Crippen LogP contribution in [0.1, 0.15) is 44.6 Å². The molecule has 5 rings (SSSR count). The number of halogens is 2. The molecule has 9 nitrogen and oxygen atoms in total. The van der Waals surface area contributed by atoms with E-state index in [-0.39, 0.29) is 48.0 Å². The fourth-order valence-corrected chi connectivity index (χ4v) is 6.45. The number of alkyl halides is 1. The van der Waals surface area contributed by atoms with Crippen molar-refractivity contribution in [1.29, 1.82) is 0 Å². The Balaban J connectivity index is 0.000000217. The molecule has 2 aliphatic rings. The van der Waals surface area contributed by atoms with Crippen LogP contribution in [0.2, 0.25) is 0 Å². The van der Waals surface area contributed by atoms with E-state index >= 15 is 0 Å². The van der Waals surface area contributed by atoms with E-state index in [0.717, 1.165) is 42.0 Å². The highest BCUT2D eigenvalue weighted by molar-refractivity contribution is 7.02. The van der Waals surface area contributed by atoms with Crippen molar-refractivity contribution >= 4 is 52.0 Å². The summed E-state index contributed by atoms with van der Waals surface area (Å²) < 4.78 is 31.5. The maximum Gasteiger partial charge on any atom is 0.265 e. The molecule has 2 aromatic carbocycles. The van der Waals surface area contributed by atoms with E-state index < -0.39 is 5.82 Å². The number of para-hydroxylation sites is 1. The van der Waals surface area contributed by atoms with Crippen LogP contribution in [0.25, 0.3) is 0 Å². The second-order valence-electron chi connectivity index (χ2n) is 11.8. The van der Waals surface area contributed by atoms with Crippen molar-refractivity contribution in [2.75, 3.05) is 42.5 Å². The lowest BCUT2D eigenvalue weighted by molar-refractivity contribution is -0.121. The molecule has 0 aliphatic carbocycles. The van der Waals surface area contributed by atoms with Crippen LogP contribution in [-0.4, -0.2) is 59.5 Å². The molecule has 0 saturated carbocycles. The number of aryl methyl sites for hydroxylation is 2. The third-order valence-electron chi connectivity index (χ3n) is 7.61. The zero-order chi connectivity index (χ0) is 32.9. The second-order valence-corrected chi connectivity index (χ2v) is 12.8. The molecule has 2 amide bonds. The van der Waals surface area contributed by atoms with Crippen LogP contribution >= 0.6 is 23.1 Å². The number of carbonyl (C=O) groups is 2. The van der Waals surface area contributed by atoms with Gasteiger partial charge in [0.1, 0.15) is 23.1 Å². The van der Waals surface area contributed by atoms with Gasteiger partial charge >= 0.3 is 0 Å². The van der Waals surface area contributed by atoms with Gasteiger partial charge in [0.15, 0.2) is 12.4 Å². The third-order valence-corrected chi connectivity index (χ3v) is 8.62. The highest BCUT2D eigenvalue weighted by Gasteiger charge is 2.31. The number of terminal acetylenes is 1. The topological polar surface area (TPSA) is 89.3 Å². The van der Waals surface area contributed by atoms with Crippen molar-refractivity contribution in [3.05, 3.63) is 57.9 Å². The maximum absolute atomic E-state index is 14.5. The summed E-state index contributed by atoms with van der Waals surface area (Å²) in [6, 6.07) is 8.80. The first kappa shape index (κ1) is 34.2. The van der Waals surface area contributed by atoms with Crippen LogP contribution in [0, 0.1) is 30.5 Å². The summed E-state index contributed by atoms with van der Waals surface area (Å²) in [5.41, 5.74) is 3.89. The summed E-state index contributed by atoms with van der Waals surface area (Å²) in [5, 5.41) is 0. The zero-order valence-corrected chi connectivity index (χ0v) is 28.1. The highest BCUT2D eigenvalue weighted by Crippen LogP contribution is 2.37. The first-order chi connectivity index (χ1) is 21.4. The Morgan fingerprint density at radius 3 is 2.80 bits per heavy atom. The molecular weight excluding hydrogens is 617 g/mol. The molecule has 1 aromatic heterocycles. The number of hydrogen-bond donors (Lipinski definition) is 0. The second kappa shape index (κ2) is 14.6. The minimum atomic E-state index is -0.515. The number of ether oxygens (including phenoxy) is 2.